The van der Waals surface area contributed by atoms with Gasteiger partial charge in [0, 0.05) is 44.1 Å². The summed E-state index contributed by atoms with van der Waals surface area (Å²) in [6.45, 7) is 4.58. The SMILES string of the molecule is CSc1ncc(C(=O)NCc2ccccc2N2CCN(C)CC2)n1-c1ccccc1. The number of hydrogen-bond donors (Lipinski definition) is 1. The predicted molar refractivity (Wildman–Crippen MR) is 123 cm³/mol. The number of rotatable bonds is 6. The number of nitrogens with one attached hydrogen (secondary N) is 1. The molecule has 0 unspecified atom stereocenters. The van der Waals surface area contributed by atoms with Crippen molar-refractivity contribution in [2.24, 2.45) is 0 Å². The Labute approximate surface area is 181 Å². The molecule has 1 N–H and O–H groups in total. The lowest BCUT2D eigenvalue weighted by Crippen LogP contribution is -2.45. The van der Waals surface area contributed by atoms with Crippen molar-refractivity contribution in [2.45, 2.75) is 11.7 Å². The van der Waals surface area contributed by atoms with Crippen molar-refractivity contribution in [2.75, 3.05) is 44.4 Å². The summed E-state index contributed by atoms with van der Waals surface area (Å²) in [5.41, 5.74) is 3.81. The molecular weight excluding hydrogens is 394 g/mol. The highest BCUT2D eigenvalue weighted by molar-refractivity contribution is 7.98. The highest BCUT2D eigenvalue weighted by Gasteiger charge is 2.19. The van der Waals surface area contributed by atoms with Crippen molar-refractivity contribution in [3.05, 3.63) is 72.1 Å². The van der Waals surface area contributed by atoms with Gasteiger partial charge < -0.3 is 15.1 Å². The quantitative estimate of drug-likeness (QED) is 0.619. The van der Waals surface area contributed by atoms with Gasteiger partial charge in [0.2, 0.25) is 0 Å². The van der Waals surface area contributed by atoms with E-state index in [4.69, 9.17) is 0 Å². The molecule has 7 heteroatoms. The monoisotopic (exact) mass is 421 g/mol. The Bertz CT molecular complexity index is 996. The number of nitrogens with zero attached hydrogens (tertiary/aromatic N) is 4. The lowest BCUT2D eigenvalue weighted by atomic mass is 10.1. The van der Waals surface area contributed by atoms with Crippen LogP contribution in [0, 0.1) is 0 Å². The number of imidazole rings is 1. The van der Waals surface area contributed by atoms with Gasteiger partial charge in [-0.2, -0.15) is 0 Å². The first kappa shape index (κ1) is 20.5. The van der Waals surface area contributed by atoms with Crippen LogP contribution in [0.25, 0.3) is 5.69 Å². The van der Waals surface area contributed by atoms with Crippen LogP contribution in [0.15, 0.2) is 66.0 Å². The van der Waals surface area contributed by atoms with Gasteiger partial charge >= 0.3 is 0 Å². The molecule has 156 valence electrons. The van der Waals surface area contributed by atoms with Crippen LogP contribution >= 0.6 is 11.8 Å². The summed E-state index contributed by atoms with van der Waals surface area (Å²) in [7, 11) is 2.15. The Kier molecular flexibility index (Phi) is 6.40. The fourth-order valence-electron chi connectivity index (χ4n) is 3.75. The average Bonchev–Trinajstić information content (AvgIpc) is 3.23. The van der Waals surface area contributed by atoms with Crippen LogP contribution in [0.1, 0.15) is 16.1 Å². The summed E-state index contributed by atoms with van der Waals surface area (Å²) in [6.07, 6.45) is 3.62. The minimum atomic E-state index is -0.125. The van der Waals surface area contributed by atoms with E-state index in [0.29, 0.717) is 12.2 Å². The molecule has 1 aliphatic heterocycles. The van der Waals surface area contributed by atoms with Crippen molar-refractivity contribution in [3.63, 3.8) is 0 Å². The Balaban J connectivity index is 1.52. The highest BCUT2D eigenvalue weighted by Crippen LogP contribution is 2.23. The van der Waals surface area contributed by atoms with Gasteiger partial charge in [0.15, 0.2) is 5.16 Å². The number of likely N-dealkylation sites (N-methyl/N-ethyl adjacent to an activating group) is 1. The molecule has 0 aliphatic carbocycles. The maximum absolute atomic E-state index is 13.1. The second-order valence-electron chi connectivity index (χ2n) is 7.40. The minimum Gasteiger partial charge on any atom is -0.369 e. The Morgan fingerprint density at radius 1 is 1.03 bits per heavy atom. The molecule has 0 spiro atoms. The van der Waals surface area contributed by atoms with Crippen molar-refractivity contribution >= 4 is 23.4 Å². The molecule has 1 saturated heterocycles. The summed E-state index contributed by atoms with van der Waals surface area (Å²) in [5.74, 6) is -0.125. The van der Waals surface area contributed by atoms with Crippen LogP contribution in [0.2, 0.25) is 0 Å². The highest BCUT2D eigenvalue weighted by atomic mass is 32.2. The summed E-state index contributed by atoms with van der Waals surface area (Å²) < 4.78 is 1.91. The number of thioether (sulfide) groups is 1. The summed E-state index contributed by atoms with van der Waals surface area (Å²) in [6, 6.07) is 18.2. The van der Waals surface area contributed by atoms with E-state index in [1.54, 1.807) is 6.20 Å². The minimum absolute atomic E-state index is 0.125. The van der Waals surface area contributed by atoms with Gasteiger partial charge in [-0.05, 0) is 37.1 Å². The molecule has 30 heavy (non-hydrogen) atoms. The largest absolute Gasteiger partial charge is 0.369 e. The maximum Gasteiger partial charge on any atom is 0.270 e. The molecule has 0 atom stereocenters. The summed E-state index contributed by atoms with van der Waals surface area (Å²) >= 11 is 1.53. The van der Waals surface area contributed by atoms with E-state index < -0.39 is 0 Å². The molecule has 1 amide bonds. The third kappa shape index (κ3) is 4.37. The predicted octanol–water partition coefficient (Wildman–Crippen LogP) is 3.28. The lowest BCUT2D eigenvalue weighted by Gasteiger charge is -2.35. The van der Waals surface area contributed by atoms with E-state index in [2.05, 4.69) is 45.3 Å². The average molecular weight is 422 g/mol. The summed E-state index contributed by atoms with van der Waals surface area (Å²) in [4.78, 5) is 22.3. The van der Waals surface area contributed by atoms with E-state index in [9.17, 15) is 4.79 Å². The number of carbonyl (C=O) groups is 1. The number of benzene rings is 2. The number of anilines is 1. The number of para-hydroxylation sites is 2. The lowest BCUT2D eigenvalue weighted by molar-refractivity contribution is 0.0943. The third-order valence-corrected chi connectivity index (χ3v) is 6.09. The van der Waals surface area contributed by atoms with Gasteiger partial charge in [0.1, 0.15) is 5.69 Å². The van der Waals surface area contributed by atoms with E-state index in [0.717, 1.165) is 42.6 Å². The van der Waals surface area contributed by atoms with E-state index in [1.165, 1.54) is 17.4 Å². The Morgan fingerprint density at radius 3 is 2.47 bits per heavy atom. The fourth-order valence-corrected chi connectivity index (χ4v) is 4.29. The van der Waals surface area contributed by atoms with Crippen LogP contribution < -0.4 is 10.2 Å². The first-order chi connectivity index (χ1) is 14.7. The molecule has 1 aromatic heterocycles. The van der Waals surface area contributed by atoms with Crippen molar-refractivity contribution in [1.82, 2.24) is 19.8 Å². The Hall–Kier alpha value is -2.77. The van der Waals surface area contributed by atoms with Gasteiger partial charge in [0.25, 0.3) is 5.91 Å². The molecule has 0 radical (unpaired) electrons. The zero-order valence-corrected chi connectivity index (χ0v) is 18.2. The molecule has 2 heterocycles. The molecule has 3 aromatic rings. The number of piperazine rings is 1. The third-order valence-electron chi connectivity index (χ3n) is 5.43. The zero-order chi connectivity index (χ0) is 20.9. The molecule has 0 saturated carbocycles. The first-order valence-electron chi connectivity index (χ1n) is 10.1. The van der Waals surface area contributed by atoms with Crippen molar-refractivity contribution in [1.29, 1.82) is 0 Å². The van der Waals surface area contributed by atoms with Gasteiger partial charge in [-0.15, -0.1) is 0 Å². The van der Waals surface area contributed by atoms with Crippen LogP contribution in [0.5, 0.6) is 0 Å². The molecular formula is C23H27N5OS. The number of aromatic nitrogens is 2. The van der Waals surface area contributed by atoms with E-state index >= 15 is 0 Å². The van der Waals surface area contributed by atoms with Crippen molar-refractivity contribution < 1.29 is 4.79 Å². The van der Waals surface area contributed by atoms with Gasteiger partial charge in [-0.3, -0.25) is 9.36 Å². The van der Waals surface area contributed by atoms with Crippen LogP contribution in [0.3, 0.4) is 0 Å². The van der Waals surface area contributed by atoms with Crippen LogP contribution in [-0.4, -0.2) is 59.8 Å². The molecule has 1 fully saturated rings. The number of carbonyl (C=O) groups excluding carboxylic acids is 1. The second kappa shape index (κ2) is 9.36. The molecule has 4 rings (SSSR count). The number of amides is 1. The summed E-state index contributed by atoms with van der Waals surface area (Å²) in [5, 5.41) is 3.90. The second-order valence-corrected chi connectivity index (χ2v) is 8.18. The van der Waals surface area contributed by atoms with Crippen molar-refractivity contribution in [3.8, 4) is 5.69 Å². The van der Waals surface area contributed by atoms with Gasteiger partial charge in [-0.25, -0.2) is 4.98 Å². The van der Waals surface area contributed by atoms with Crippen LogP contribution in [-0.2, 0) is 6.54 Å². The van der Waals surface area contributed by atoms with E-state index in [-0.39, 0.29) is 5.91 Å². The Morgan fingerprint density at radius 2 is 1.73 bits per heavy atom. The standard InChI is InChI=1S/C23H27N5OS/c1-26-12-14-27(15-13-26)20-11-7-6-8-18(20)16-24-22(29)21-17-25-23(30-2)28(21)19-9-4-3-5-10-19/h3-11,17H,12-16H2,1-2H3,(H,24,29). The molecule has 0 bridgehead atoms. The zero-order valence-electron chi connectivity index (χ0n) is 17.4. The molecule has 1 aliphatic rings. The maximum atomic E-state index is 13.1. The first-order valence-corrected chi connectivity index (χ1v) is 11.4. The van der Waals surface area contributed by atoms with Gasteiger partial charge in [-0.1, -0.05) is 48.2 Å². The smallest absolute Gasteiger partial charge is 0.270 e. The molecule has 6 nitrogen and oxygen atoms in total. The normalized spacial score (nSPS) is 14.7. The van der Waals surface area contributed by atoms with E-state index in [1.807, 2.05) is 47.2 Å². The number of hydrogen-bond acceptors (Lipinski definition) is 5. The fraction of sp³-hybridized carbons (Fsp3) is 0.304. The van der Waals surface area contributed by atoms with Crippen LogP contribution in [0.4, 0.5) is 5.69 Å². The van der Waals surface area contributed by atoms with Gasteiger partial charge in [0.05, 0.1) is 6.20 Å². The topological polar surface area (TPSA) is 53.4 Å². The molecule has 2 aromatic carbocycles.